The van der Waals surface area contributed by atoms with Crippen LogP contribution in [0.3, 0.4) is 0 Å². The first-order chi connectivity index (χ1) is 8.24. The third-order valence-corrected chi connectivity index (χ3v) is 3.70. The lowest BCUT2D eigenvalue weighted by Crippen LogP contribution is -2.32. The van der Waals surface area contributed by atoms with Crippen LogP contribution in [0.2, 0.25) is 0 Å². The van der Waals surface area contributed by atoms with E-state index in [0.717, 1.165) is 29.9 Å². The molecule has 0 bridgehead atoms. The second-order valence-electron chi connectivity index (χ2n) is 4.15. The van der Waals surface area contributed by atoms with Gasteiger partial charge in [-0.25, -0.2) is 9.99 Å². The highest BCUT2D eigenvalue weighted by Gasteiger charge is 2.23. The second kappa shape index (κ2) is 5.80. The molecule has 1 saturated heterocycles. The van der Waals surface area contributed by atoms with Crippen molar-refractivity contribution >= 4 is 15.9 Å². The lowest BCUT2D eigenvalue weighted by Gasteiger charge is -2.15. The van der Waals surface area contributed by atoms with Gasteiger partial charge in [0, 0.05) is 25.2 Å². The first-order valence-electron chi connectivity index (χ1n) is 5.95. The molecule has 2 rings (SSSR count). The Bertz CT molecular complexity index is 386. The van der Waals surface area contributed by atoms with Crippen molar-refractivity contribution in [3.63, 3.8) is 0 Å². The van der Waals surface area contributed by atoms with E-state index >= 15 is 0 Å². The van der Waals surface area contributed by atoms with Gasteiger partial charge in [-0.05, 0) is 48.0 Å². The average molecular weight is 300 g/mol. The fourth-order valence-corrected chi connectivity index (χ4v) is 2.49. The maximum absolute atomic E-state index is 5.55. The minimum Gasteiger partial charge on any atom is -0.491 e. The van der Waals surface area contributed by atoms with Crippen molar-refractivity contribution < 1.29 is 4.74 Å². The van der Waals surface area contributed by atoms with E-state index in [4.69, 9.17) is 4.74 Å². The predicted molar refractivity (Wildman–Crippen MR) is 71.1 cm³/mol. The van der Waals surface area contributed by atoms with Crippen LogP contribution in [0, 0.1) is 0 Å². The van der Waals surface area contributed by atoms with Crippen molar-refractivity contribution in [3.05, 3.63) is 22.4 Å². The molecule has 1 aliphatic rings. The number of hydrogen-bond donors (Lipinski definition) is 1. The van der Waals surface area contributed by atoms with Gasteiger partial charge in [0.1, 0.15) is 4.60 Å². The molecule has 0 radical (unpaired) electrons. The van der Waals surface area contributed by atoms with E-state index in [2.05, 4.69) is 37.4 Å². The van der Waals surface area contributed by atoms with Gasteiger partial charge in [0.15, 0.2) is 5.75 Å². The molecular formula is C12H18BrN3O. The number of ether oxygens (including phenoxy) is 1. The van der Waals surface area contributed by atoms with E-state index in [1.165, 1.54) is 5.56 Å². The lowest BCUT2D eigenvalue weighted by atomic mass is 10.0. The molecule has 0 amide bonds. The number of pyridine rings is 1. The Morgan fingerprint density at radius 1 is 1.65 bits per heavy atom. The number of nitrogens with one attached hydrogen (secondary N) is 1. The van der Waals surface area contributed by atoms with Gasteiger partial charge in [-0.15, -0.1) is 0 Å². The first kappa shape index (κ1) is 12.8. The SMILES string of the molecule is CCOc1cc([C@H]2CCN(NC)C2)cnc1Br. The minimum absolute atomic E-state index is 0.544. The van der Waals surface area contributed by atoms with Gasteiger partial charge in [0.25, 0.3) is 0 Å². The minimum atomic E-state index is 0.544. The van der Waals surface area contributed by atoms with Gasteiger partial charge in [-0.2, -0.15) is 0 Å². The van der Waals surface area contributed by atoms with Gasteiger partial charge in [-0.3, -0.25) is 5.43 Å². The van der Waals surface area contributed by atoms with Crippen molar-refractivity contribution in [2.75, 3.05) is 26.7 Å². The zero-order chi connectivity index (χ0) is 12.3. The van der Waals surface area contributed by atoms with E-state index < -0.39 is 0 Å². The molecule has 4 nitrogen and oxygen atoms in total. The molecular weight excluding hydrogens is 282 g/mol. The van der Waals surface area contributed by atoms with E-state index in [1.54, 1.807) is 0 Å². The number of hydrogen-bond acceptors (Lipinski definition) is 4. The monoisotopic (exact) mass is 299 g/mol. The number of halogens is 1. The molecule has 1 aliphatic heterocycles. The molecule has 1 aromatic heterocycles. The molecule has 0 saturated carbocycles. The normalized spacial score (nSPS) is 20.8. The standard InChI is InChI=1S/C12H18BrN3O/c1-3-17-11-6-10(7-15-12(11)13)9-4-5-16(8-9)14-2/h6-7,9,14H,3-5,8H2,1-2H3/t9-/m0/s1. The van der Waals surface area contributed by atoms with E-state index in [1.807, 2.05) is 20.2 Å². The molecule has 17 heavy (non-hydrogen) atoms. The van der Waals surface area contributed by atoms with Crippen molar-refractivity contribution in [2.24, 2.45) is 0 Å². The summed E-state index contributed by atoms with van der Waals surface area (Å²) >= 11 is 3.41. The Morgan fingerprint density at radius 3 is 3.12 bits per heavy atom. The zero-order valence-electron chi connectivity index (χ0n) is 10.2. The number of hydrazine groups is 1. The van der Waals surface area contributed by atoms with Crippen molar-refractivity contribution in [2.45, 2.75) is 19.3 Å². The van der Waals surface area contributed by atoms with Gasteiger partial charge in [0.2, 0.25) is 0 Å². The maximum atomic E-state index is 5.55. The third kappa shape index (κ3) is 2.97. The Morgan fingerprint density at radius 2 is 2.47 bits per heavy atom. The summed E-state index contributed by atoms with van der Waals surface area (Å²) < 4.78 is 6.34. The molecule has 1 atom stereocenters. The molecule has 2 heterocycles. The van der Waals surface area contributed by atoms with Crippen LogP contribution < -0.4 is 10.2 Å². The number of rotatable bonds is 4. The highest BCUT2D eigenvalue weighted by atomic mass is 79.9. The number of aromatic nitrogens is 1. The molecule has 0 spiro atoms. The molecule has 1 N–H and O–H groups in total. The summed E-state index contributed by atoms with van der Waals surface area (Å²) in [6.07, 6.45) is 3.10. The fourth-order valence-electron chi connectivity index (χ4n) is 2.16. The largest absolute Gasteiger partial charge is 0.491 e. The molecule has 0 unspecified atom stereocenters. The summed E-state index contributed by atoms with van der Waals surface area (Å²) in [6.45, 7) is 4.76. The van der Waals surface area contributed by atoms with Crippen LogP contribution in [0.25, 0.3) is 0 Å². The Labute approximate surface area is 110 Å². The highest BCUT2D eigenvalue weighted by Crippen LogP contribution is 2.31. The van der Waals surface area contributed by atoms with Gasteiger partial charge < -0.3 is 4.74 Å². The summed E-state index contributed by atoms with van der Waals surface area (Å²) in [5.41, 5.74) is 4.45. The quantitative estimate of drug-likeness (QED) is 0.865. The van der Waals surface area contributed by atoms with Crippen molar-refractivity contribution in [3.8, 4) is 5.75 Å². The molecule has 1 fully saturated rings. The second-order valence-corrected chi connectivity index (χ2v) is 4.90. The van der Waals surface area contributed by atoms with Gasteiger partial charge >= 0.3 is 0 Å². The Kier molecular flexibility index (Phi) is 4.36. The van der Waals surface area contributed by atoms with Crippen LogP contribution in [0.1, 0.15) is 24.8 Å². The fraction of sp³-hybridized carbons (Fsp3) is 0.583. The molecule has 1 aromatic rings. The molecule has 0 aliphatic carbocycles. The summed E-state index contributed by atoms with van der Waals surface area (Å²) in [5, 5.41) is 2.23. The van der Waals surface area contributed by atoms with Crippen molar-refractivity contribution in [1.29, 1.82) is 0 Å². The van der Waals surface area contributed by atoms with E-state index in [-0.39, 0.29) is 0 Å². The maximum Gasteiger partial charge on any atom is 0.152 e. The van der Waals surface area contributed by atoms with Crippen LogP contribution in [-0.2, 0) is 0 Å². The van der Waals surface area contributed by atoms with Crippen LogP contribution in [-0.4, -0.2) is 36.7 Å². The molecule has 94 valence electrons. The van der Waals surface area contributed by atoms with Crippen LogP contribution in [0.4, 0.5) is 0 Å². The van der Waals surface area contributed by atoms with Gasteiger partial charge in [0.05, 0.1) is 6.61 Å². The Balaban J connectivity index is 2.13. The van der Waals surface area contributed by atoms with Crippen molar-refractivity contribution in [1.82, 2.24) is 15.4 Å². The molecule has 5 heteroatoms. The zero-order valence-corrected chi connectivity index (χ0v) is 11.8. The van der Waals surface area contributed by atoms with Crippen LogP contribution in [0.15, 0.2) is 16.9 Å². The number of nitrogens with zero attached hydrogens (tertiary/aromatic N) is 2. The first-order valence-corrected chi connectivity index (χ1v) is 6.74. The highest BCUT2D eigenvalue weighted by molar-refractivity contribution is 9.10. The lowest BCUT2D eigenvalue weighted by molar-refractivity contribution is 0.258. The molecule has 0 aromatic carbocycles. The Hall–Kier alpha value is -0.650. The topological polar surface area (TPSA) is 37.4 Å². The summed E-state index contributed by atoms with van der Waals surface area (Å²) in [7, 11) is 1.97. The predicted octanol–water partition coefficient (Wildman–Crippen LogP) is 2.17. The van der Waals surface area contributed by atoms with Gasteiger partial charge in [-0.1, -0.05) is 0 Å². The average Bonchev–Trinajstić information content (AvgIpc) is 2.81. The third-order valence-electron chi connectivity index (χ3n) is 3.10. The summed E-state index contributed by atoms with van der Waals surface area (Å²) in [4.78, 5) is 4.35. The smallest absolute Gasteiger partial charge is 0.152 e. The van der Waals surface area contributed by atoms with Crippen LogP contribution in [0.5, 0.6) is 5.75 Å². The summed E-state index contributed by atoms with van der Waals surface area (Å²) in [6, 6.07) is 2.10. The summed E-state index contributed by atoms with van der Waals surface area (Å²) in [5.74, 6) is 1.38. The van der Waals surface area contributed by atoms with Crippen LogP contribution >= 0.6 is 15.9 Å². The van der Waals surface area contributed by atoms with E-state index in [9.17, 15) is 0 Å². The van der Waals surface area contributed by atoms with E-state index in [0.29, 0.717) is 12.5 Å².